The third-order valence-corrected chi connectivity index (χ3v) is 3.08. The van der Waals surface area contributed by atoms with Crippen LogP contribution in [0.1, 0.15) is 10.4 Å². The van der Waals surface area contributed by atoms with Crippen molar-refractivity contribution in [2.24, 2.45) is 5.73 Å². The molecular weight excluding hydrogens is 243 g/mol. The van der Waals surface area contributed by atoms with Gasteiger partial charge in [0.05, 0.1) is 11.1 Å². The Kier molecular flexibility index (Phi) is 2.56. The average molecular weight is 254 g/mol. The molecule has 1 heterocycles. The summed E-state index contributed by atoms with van der Waals surface area (Å²) >= 11 is 0. The van der Waals surface area contributed by atoms with E-state index in [1.165, 1.54) is 12.1 Å². The summed E-state index contributed by atoms with van der Waals surface area (Å²) in [5.74, 6) is -0.754. The number of carbonyl (C=O) groups excluding carboxylic acids is 1. The number of halogens is 1. The van der Waals surface area contributed by atoms with Gasteiger partial charge in [-0.2, -0.15) is 0 Å². The van der Waals surface area contributed by atoms with Gasteiger partial charge in [0.1, 0.15) is 5.82 Å². The lowest BCUT2D eigenvalue weighted by molar-refractivity contribution is 0.100. The predicted octanol–water partition coefficient (Wildman–Crippen LogP) is 3.07. The molecule has 2 aromatic carbocycles. The molecule has 94 valence electrons. The van der Waals surface area contributed by atoms with Crippen molar-refractivity contribution in [2.45, 2.75) is 0 Å². The summed E-state index contributed by atoms with van der Waals surface area (Å²) in [5, 5.41) is 0.899. The number of benzene rings is 2. The van der Waals surface area contributed by atoms with Gasteiger partial charge in [-0.05, 0) is 42.0 Å². The van der Waals surface area contributed by atoms with Crippen LogP contribution in [0.4, 0.5) is 4.39 Å². The first-order chi connectivity index (χ1) is 9.15. The van der Waals surface area contributed by atoms with E-state index < -0.39 is 5.91 Å². The Hall–Kier alpha value is -2.62. The van der Waals surface area contributed by atoms with Crippen LogP contribution in [-0.2, 0) is 0 Å². The molecule has 0 aliphatic heterocycles. The Morgan fingerprint density at radius 3 is 2.53 bits per heavy atom. The van der Waals surface area contributed by atoms with Gasteiger partial charge in [0.15, 0.2) is 0 Å². The Labute approximate surface area is 108 Å². The first-order valence-corrected chi connectivity index (χ1v) is 5.82. The van der Waals surface area contributed by atoms with Crippen molar-refractivity contribution < 1.29 is 9.18 Å². The van der Waals surface area contributed by atoms with E-state index in [1.807, 2.05) is 12.1 Å². The van der Waals surface area contributed by atoms with Crippen molar-refractivity contribution in [1.29, 1.82) is 0 Å². The number of rotatable bonds is 2. The molecule has 0 spiro atoms. The zero-order valence-electron chi connectivity index (χ0n) is 9.98. The number of hydrogen-bond donors (Lipinski definition) is 2. The number of amides is 1. The summed E-state index contributed by atoms with van der Waals surface area (Å²) in [6.45, 7) is 0. The summed E-state index contributed by atoms with van der Waals surface area (Å²) in [6, 6.07) is 13.4. The van der Waals surface area contributed by atoms with Crippen LogP contribution in [0.3, 0.4) is 0 Å². The second kappa shape index (κ2) is 4.24. The molecule has 3 nitrogen and oxygen atoms in total. The molecule has 0 saturated heterocycles. The Balaban J connectivity index is 2.19. The number of fused-ring (bicyclic) bond motifs is 1. The minimum absolute atomic E-state index is 0.280. The van der Waals surface area contributed by atoms with Gasteiger partial charge in [-0.25, -0.2) is 4.39 Å². The van der Waals surface area contributed by atoms with E-state index in [9.17, 15) is 9.18 Å². The van der Waals surface area contributed by atoms with Crippen molar-refractivity contribution in [3.05, 3.63) is 59.9 Å². The fourth-order valence-corrected chi connectivity index (χ4v) is 2.15. The molecule has 0 radical (unpaired) electrons. The highest BCUT2D eigenvalue weighted by atomic mass is 19.1. The van der Waals surface area contributed by atoms with E-state index >= 15 is 0 Å². The number of H-pyrrole nitrogens is 1. The fourth-order valence-electron chi connectivity index (χ4n) is 2.15. The number of aromatic amines is 1. The maximum atomic E-state index is 12.9. The summed E-state index contributed by atoms with van der Waals surface area (Å²) in [5.41, 5.74) is 8.17. The highest BCUT2D eigenvalue weighted by Crippen LogP contribution is 2.26. The molecule has 1 aromatic heterocycles. The van der Waals surface area contributed by atoms with Crippen molar-refractivity contribution in [3.63, 3.8) is 0 Å². The van der Waals surface area contributed by atoms with Gasteiger partial charge >= 0.3 is 0 Å². The SMILES string of the molecule is NC(=O)c1cccc2cc(-c3ccc(F)cc3)[nH]c12. The molecule has 0 saturated carbocycles. The van der Waals surface area contributed by atoms with Crippen LogP contribution >= 0.6 is 0 Å². The lowest BCUT2D eigenvalue weighted by atomic mass is 10.1. The standard InChI is InChI=1S/C15H11FN2O/c16-11-6-4-9(5-7-11)13-8-10-2-1-3-12(15(17)19)14(10)18-13/h1-8,18H,(H2,17,19). The van der Waals surface area contributed by atoms with E-state index in [0.29, 0.717) is 11.1 Å². The minimum atomic E-state index is -0.474. The van der Waals surface area contributed by atoms with Gasteiger partial charge in [0.25, 0.3) is 5.91 Å². The molecule has 19 heavy (non-hydrogen) atoms. The third kappa shape index (κ3) is 1.97. The van der Waals surface area contributed by atoms with Crippen LogP contribution in [0.25, 0.3) is 22.2 Å². The second-order valence-electron chi connectivity index (χ2n) is 4.32. The molecule has 3 N–H and O–H groups in total. The normalized spacial score (nSPS) is 10.8. The first-order valence-electron chi connectivity index (χ1n) is 5.82. The number of para-hydroxylation sites is 1. The molecule has 0 bridgehead atoms. The summed E-state index contributed by atoms with van der Waals surface area (Å²) in [7, 11) is 0. The number of hydrogen-bond acceptors (Lipinski definition) is 1. The Morgan fingerprint density at radius 1 is 1.11 bits per heavy atom. The van der Waals surface area contributed by atoms with Crippen LogP contribution in [0.2, 0.25) is 0 Å². The van der Waals surface area contributed by atoms with Gasteiger partial charge in [-0.1, -0.05) is 12.1 Å². The fraction of sp³-hybridized carbons (Fsp3) is 0. The van der Waals surface area contributed by atoms with Crippen molar-refractivity contribution in [2.75, 3.05) is 0 Å². The quantitative estimate of drug-likeness (QED) is 0.725. The lowest BCUT2D eigenvalue weighted by Gasteiger charge is -1.98. The molecule has 0 atom stereocenters. The van der Waals surface area contributed by atoms with Gasteiger partial charge in [0.2, 0.25) is 0 Å². The first kappa shape index (κ1) is 11.5. The molecule has 0 fully saturated rings. The number of carbonyl (C=O) groups is 1. The van der Waals surface area contributed by atoms with E-state index in [4.69, 9.17) is 5.73 Å². The van der Waals surface area contributed by atoms with Crippen molar-refractivity contribution >= 4 is 16.8 Å². The van der Waals surface area contributed by atoms with E-state index in [1.54, 1.807) is 24.3 Å². The summed E-state index contributed by atoms with van der Waals surface area (Å²) < 4.78 is 12.9. The average Bonchev–Trinajstić information content (AvgIpc) is 2.82. The Bertz CT molecular complexity index is 759. The van der Waals surface area contributed by atoms with Crippen LogP contribution in [-0.4, -0.2) is 10.9 Å². The Morgan fingerprint density at radius 2 is 1.84 bits per heavy atom. The topological polar surface area (TPSA) is 58.9 Å². The monoisotopic (exact) mass is 254 g/mol. The van der Waals surface area contributed by atoms with Crippen LogP contribution in [0.5, 0.6) is 0 Å². The minimum Gasteiger partial charge on any atom is -0.366 e. The molecule has 0 aliphatic rings. The molecule has 0 aliphatic carbocycles. The summed E-state index contributed by atoms with van der Waals surface area (Å²) in [6.07, 6.45) is 0. The number of aromatic nitrogens is 1. The molecule has 3 aromatic rings. The zero-order valence-corrected chi connectivity index (χ0v) is 9.98. The predicted molar refractivity (Wildman–Crippen MR) is 72.2 cm³/mol. The van der Waals surface area contributed by atoms with Crippen LogP contribution in [0.15, 0.2) is 48.5 Å². The number of nitrogens with one attached hydrogen (secondary N) is 1. The van der Waals surface area contributed by atoms with Crippen molar-refractivity contribution in [3.8, 4) is 11.3 Å². The second-order valence-corrected chi connectivity index (χ2v) is 4.32. The molecule has 4 heteroatoms. The highest BCUT2D eigenvalue weighted by Gasteiger charge is 2.10. The third-order valence-electron chi connectivity index (χ3n) is 3.08. The largest absolute Gasteiger partial charge is 0.366 e. The van der Waals surface area contributed by atoms with Gasteiger partial charge in [-0.15, -0.1) is 0 Å². The van der Waals surface area contributed by atoms with E-state index in [2.05, 4.69) is 4.98 Å². The zero-order chi connectivity index (χ0) is 13.4. The number of nitrogens with two attached hydrogens (primary N) is 1. The lowest BCUT2D eigenvalue weighted by Crippen LogP contribution is -2.11. The molecular formula is C15H11FN2O. The maximum absolute atomic E-state index is 12.9. The smallest absolute Gasteiger partial charge is 0.250 e. The van der Waals surface area contributed by atoms with E-state index in [-0.39, 0.29) is 5.82 Å². The van der Waals surface area contributed by atoms with E-state index in [0.717, 1.165) is 16.6 Å². The van der Waals surface area contributed by atoms with Gasteiger partial charge in [0, 0.05) is 11.1 Å². The van der Waals surface area contributed by atoms with Crippen molar-refractivity contribution in [1.82, 2.24) is 4.98 Å². The molecule has 3 rings (SSSR count). The highest BCUT2D eigenvalue weighted by molar-refractivity contribution is 6.06. The molecule has 1 amide bonds. The summed E-state index contributed by atoms with van der Waals surface area (Å²) in [4.78, 5) is 14.5. The maximum Gasteiger partial charge on any atom is 0.250 e. The van der Waals surface area contributed by atoms with Gasteiger partial charge < -0.3 is 10.7 Å². The number of primary amides is 1. The molecule has 0 unspecified atom stereocenters. The van der Waals surface area contributed by atoms with Crippen LogP contribution in [0, 0.1) is 5.82 Å². The van der Waals surface area contributed by atoms with Gasteiger partial charge in [-0.3, -0.25) is 4.79 Å². The van der Waals surface area contributed by atoms with Crippen LogP contribution < -0.4 is 5.73 Å².